The third kappa shape index (κ3) is 3.01. The van der Waals surface area contributed by atoms with Gasteiger partial charge in [0.1, 0.15) is 6.10 Å². The number of ether oxygens (including phenoxy) is 1. The van der Waals surface area contributed by atoms with Crippen LogP contribution in [-0.4, -0.2) is 25.2 Å². The number of esters is 1. The largest absolute Gasteiger partial charge is 0.461 e. The second-order valence-electron chi connectivity index (χ2n) is 6.47. The molecule has 126 valence electrons. The van der Waals surface area contributed by atoms with E-state index in [-0.39, 0.29) is 11.0 Å². The van der Waals surface area contributed by atoms with Gasteiger partial charge < -0.3 is 4.74 Å². The summed E-state index contributed by atoms with van der Waals surface area (Å²) in [5.74, 6) is -0.558. The molecule has 0 radical (unpaired) electrons. The normalized spacial score (nSPS) is 21.4. The van der Waals surface area contributed by atoms with Crippen LogP contribution in [-0.2, 0) is 19.4 Å². The average molecular weight is 357 g/mol. The molecule has 2 aliphatic rings. The van der Waals surface area contributed by atoms with Crippen LogP contribution in [0.1, 0.15) is 51.4 Å². The topological polar surface area (TPSA) is 60.4 Å². The molecule has 2 saturated carbocycles. The van der Waals surface area contributed by atoms with E-state index in [9.17, 15) is 13.2 Å². The fourth-order valence-corrected chi connectivity index (χ4v) is 5.80. The van der Waals surface area contributed by atoms with Gasteiger partial charge in [-0.2, -0.15) is 0 Å². The van der Waals surface area contributed by atoms with Crippen molar-refractivity contribution < 1.29 is 17.9 Å². The summed E-state index contributed by atoms with van der Waals surface area (Å²) in [4.78, 5) is 12.9. The van der Waals surface area contributed by atoms with E-state index >= 15 is 0 Å². The number of sulfone groups is 1. The van der Waals surface area contributed by atoms with Crippen molar-refractivity contribution >= 4 is 27.4 Å². The molecular formula is C17H21ClO4S. The molecule has 0 spiro atoms. The number of rotatable bonds is 4. The summed E-state index contributed by atoms with van der Waals surface area (Å²) in [6.07, 6.45) is 5.75. The molecule has 1 aromatic rings. The van der Waals surface area contributed by atoms with Crippen molar-refractivity contribution in [3.05, 3.63) is 29.3 Å². The molecule has 0 unspecified atom stereocenters. The number of hydrogen-bond donors (Lipinski definition) is 0. The summed E-state index contributed by atoms with van der Waals surface area (Å²) in [5, 5.41) is 0.470. The fourth-order valence-electron chi connectivity index (χ4n) is 3.63. The van der Waals surface area contributed by atoms with E-state index in [1.54, 1.807) is 12.1 Å². The van der Waals surface area contributed by atoms with Gasteiger partial charge in [0.15, 0.2) is 14.6 Å². The van der Waals surface area contributed by atoms with Crippen LogP contribution in [0.2, 0.25) is 5.02 Å². The van der Waals surface area contributed by atoms with E-state index in [2.05, 4.69) is 0 Å². The number of benzene rings is 1. The highest BCUT2D eigenvalue weighted by atomic mass is 35.5. The summed E-state index contributed by atoms with van der Waals surface area (Å²) in [5.41, 5.74) is 0. The van der Waals surface area contributed by atoms with Gasteiger partial charge in [-0.15, -0.1) is 0 Å². The Hall–Kier alpha value is -1.07. The lowest BCUT2D eigenvalue weighted by Gasteiger charge is -2.28. The molecule has 2 aliphatic carbocycles. The Balaban J connectivity index is 1.93. The molecule has 0 amide bonds. The second kappa shape index (κ2) is 6.44. The quantitative estimate of drug-likeness (QED) is 0.767. The van der Waals surface area contributed by atoms with E-state index in [1.807, 2.05) is 0 Å². The third-order valence-corrected chi connectivity index (χ3v) is 7.75. The highest BCUT2D eigenvalue weighted by Gasteiger charge is 2.54. The first-order valence-electron chi connectivity index (χ1n) is 8.17. The first kappa shape index (κ1) is 16.8. The Morgan fingerprint density at radius 1 is 1.04 bits per heavy atom. The Bertz CT molecular complexity index is 669. The number of carbonyl (C=O) groups is 1. The minimum absolute atomic E-state index is 0.125. The summed E-state index contributed by atoms with van der Waals surface area (Å²) < 4.78 is 30.4. The molecule has 2 fully saturated rings. The minimum atomic E-state index is -3.79. The Morgan fingerprint density at radius 2 is 1.61 bits per heavy atom. The molecule has 4 nitrogen and oxygen atoms in total. The van der Waals surface area contributed by atoms with Gasteiger partial charge in [-0.1, -0.05) is 24.4 Å². The third-order valence-electron chi connectivity index (χ3n) is 5.00. The summed E-state index contributed by atoms with van der Waals surface area (Å²) in [7, 11) is -3.79. The zero-order valence-electron chi connectivity index (χ0n) is 13.0. The maximum Gasteiger partial charge on any atom is 0.328 e. The van der Waals surface area contributed by atoms with Crippen molar-refractivity contribution in [1.82, 2.24) is 0 Å². The molecule has 3 rings (SSSR count). The maximum atomic E-state index is 13.1. The maximum absolute atomic E-state index is 13.1. The van der Waals surface area contributed by atoms with Crippen molar-refractivity contribution in [2.45, 2.75) is 67.1 Å². The monoisotopic (exact) mass is 356 g/mol. The van der Waals surface area contributed by atoms with E-state index in [4.69, 9.17) is 16.3 Å². The van der Waals surface area contributed by atoms with Crippen LogP contribution < -0.4 is 0 Å². The predicted octanol–water partition coefficient (Wildman–Crippen LogP) is 3.91. The Morgan fingerprint density at radius 3 is 2.17 bits per heavy atom. The van der Waals surface area contributed by atoms with E-state index in [0.29, 0.717) is 17.9 Å². The van der Waals surface area contributed by atoms with Crippen LogP contribution in [0, 0.1) is 0 Å². The first-order valence-corrected chi connectivity index (χ1v) is 10.0. The van der Waals surface area contributed by atoms with Crippen molar-refractivity contribution in [3.8, 4) is 0 Å². The fraction of sp³-hybridized carbons (Fsp3) is 0.588. The van der Waals surface area contributed by atoms with Crippen LogP contribution >= 0.6 is 11.6 Å². The molecule has 0 bridgehead atoms. The lowest BCUT2D eigenvalue weighted by atomic mass is 10.1. The SMILES string of the molecule is O=C(OC1CCCC1)C1(S(=O)(=O)c2ccc(Cl)cc2)CCCC1. The van der Waals surface area contributed by atoms with Gasteiger partial charge in [-0.05, 0) is 62.8 Å². The van der Waals surface area contributed by atoms with E-state index < -0.39 is 20.6 Å². The summed E-state index contributed by atoms with van der Waals surface area (Å²) >= 11 is 5.85. The van der Waals surface area contributed by atoms with Gasteiger partial charge in [-0.3, -0.25) is 4.79 Å². The van der Waals surface area contributed by atoms with E-state index in [0.717, 1.165) is 38.5 Å². The number of hydrogen-bond acceptors (Lipinski definition) is 4. The van der Waals surface area contributed by atoms with Crippen molar-refractivity contribution in [2.75, 3.05) is 0 Å². The molecule has 0 atom stereocenters. The molecule has 0 N–H and O–H groups in total. The van der Waals surface area contributed by atoms with Gasteiger partial charge >= 0.3 is 5.97 Å². The van der Waals surface area contributed by atoms with Crippen molar-refractivity contribution in [3.63, 3.8) is 0 Å². The molecule has 23 heavy (non-hydrogen) atoms. The van der Waals surface area contributed by atoms with Gasteiger partial charge in [0, 0.05) is 5.02 Å². The molecule has 0 aliphatic heterocycles. The van der Waals surface area contributed by atoms with Crippen molar-refractivity contribution in [1.29, 1.82) is 0 Å². The molecular weight excluding hydrogens is 336 g/mol. The lowest BCUT2D eigenvalue weighted by Crippen LogP contribution is -2.46. The lowest BCUT2D eigenvalue weighted by molar-refractivity contribution is -0.151. The number of carbonyl (C=O) groups excluding carboxylic acids is 1. The van der Waals surface area contributed by atoms with Crippen molar-refractivity contribution in [2.24, 2.45) is 0 Å². The Labute approximate surface area is 142 Å². The standard InChI is InChI=1S/C17H21ClO4S/c18-13-7-9-15(10-8-13)23(20,21)17(11-3-4-12-17)16(19)22-14-5-1-2-6-14/h7-10,14H,1-6,11-12H2. The Kier molecular flexibility index (Phi) is 4.70. The van der Waals surface area contributed by atoms with Crippen LogP contribution in [0.15, 0.2) is 29.2 Å². The highest BCUT2D eigenvalue weighted by molar-refractivity contribution is 7.93. The van der Waals surface area contributed by atoms with Crippen LogP contribution in [0.3, 0.4) is 0 Å². The zero-order valence-corrected chi connectivity index (χ0v) is 14.5. The smallest absolute Gasteiger partial charge is 0.328 e. The zero-order chi connectivity index (χ0) is 16.5. The van der Waals surface area contributed by atoms with Crippen LogP contribution in [0.5, 0.6) is 0 Å². The van der Waals surface area contributed by atoms with Crippen LogP contribution in [0.4, 0.5) is 0 Å². The molecule has 6 heteroatoms. The molecule has 0 aromatic heterocycles. The number of halogens is 1. The van der Waals surface area contributed by atoms with Gasteiger partial charge in [0.25, 0.3) is 0 Å². The second-order valence-corrected chi connectivity index (χ2v) is 9.17. The van der Waals surface area contributed by atoms with Crippen LogP contribution in [0.25, 0.3) is 0 Å². The summed E-state index contributed by atoms with van der Waals surface area (Å²) in [6, 6.07) is 6.03. The molecule has 0 saturated heterocycles. The highest BCUT2D eigenvalue weighted by Crippen LogP contribution is 2.42. The minimum Gasteiger partial charge on any atom is -0.461 e. The van der Waals surface area contributed by atoms with E-state index in [1.165, 1.54) is 12.1 Å². The van der Waals surface area contributed by atoms with Gasteiger partial charge in [0.2, 0.25) is 0 Å². The average Bonchev–Trinajstić information content (AvgIpc) is 3.19. The summed E-state index contributed by atoms with van der Waals surface area (Å²) in [6.45, 7) is 0. The first-order chi connectivity index (χ1) is 11.0. The molecule has 1 aromatic carbocycles. The molecule has 0 heterocycles. The van der Waals surface area contributed by atoms with Gasteiger partial charge in [0.05, 0.1) is 4.90 Å². The predicted molar refractivity (Wildman–Crippen MR) is 88.2 cm³/mol. The van der Waals surface area contributed by atoms with Gasteiger partial charge in [-0.25, -0.2) is 8.42 Å².